The van der Waals surface area contributed by atoms with Gasteiger partial charge < -0.3 is 0 Å². The van der Waals surface area contributed by atoms with Gasteiger partial charge in [0.15, 0.2) is 0 Å². The molecule has 166 valence electrons. The number of hydrogen-bond donors (Lipinski definition) is 0. The van der Waals surface area contributed by atoms with Crippen molar-refractivity contribution in [3.8, 4) is 11.1 Å². The summed E-state index contributed by atoms with van der Waals surface area (Å²) in [6.45, 7) is 16.9. The molecule has 0 aliphatic heterocycles. The van der Waals surface area contributed by atoms with Gasteiger partial charge in [0, 0.05) is 28.6 Å². The molecular formula is C30H36N2. The van der Waals surface area contributed by atoms with Crippen molar-refractivity contribution in [3.63, 3.8) is 0 Å². The Bertz CT molecular complexity index is 1360. The summed E-state index contributed by atoms with van der Waals surface area (Å²) in [5.41, 5.74) is 8.80. The van der Waals surface area contributed by atoms with Crippen molar-refractivity contribution >= 4 is 27.3 Å². The number of rotatable bonds is 2. The summed E-state index contributed by atoms with van der Waals surface area (Å²) < 4.78 is 2.23. The monoisotopic (exact) mass is 424 g/mol. The van der Waals surface area contributed by atoms with Crippen LogP contribution in [0.4, 0.5) is 0 Å². The van der Waals surface area contributed by atoms with Gasteiger partial charge in [-0.05, 0) is 48.1 Å². The number of benzene rings is 3. The second kappa shape index (κ2) is 9.99. The molecule has 2 nitrogen and oxygen atoms in total. The standard InChI is InChI=1S/C26H24N2.2C2H6/c1-16(2)19-11-12-21(20-10-9-17(3)15-18(20)4)24-22-7-5-6-8-23(22)28-14-13-27-26(28)25(19)24;2*1-2/h5-16H,1-4H3;2*1-2H3. The van der Waals surface area contributed by atoms with E-state index in [1.807, 2.05) is 33.9 Å². The van der Waals surface area contributed by atoms with Gasteiger partial charge in [-0.25, -0.2) is 4.98 Å². The molecule has 2 aromatic heterocycles. The Labute approximate surface area is 192 Å². The number of nitrogens with zero attached hydrogens (tertiary/aromatic N) is 2. The molecule has 0 fully saturated rings. The minimum Gasteiger partial charge on any atom is -0.299 e. The highest BCUT2D eigenvalue weighted by Gasteiger charge is 2.18. The normalized spacial score (nSPS) is 10.8. The van der Waals surface area contributed by atoms with Crippen LogP contribution in [0.2, 0.25) is 0 Å². The van der Waals surface area contributed by atoms with Gasteiger partial charge in [-0.2, -0.15) is 0 Å². The molecule has 0 unspecified atom stereocenters. The van der Waals surface area contributed by atoms with E-state index in [-0.39, 0.29) is 0 Å². The van der Waals surface area contributed by atoms with Gasteiger partial charge >= 0.3 is 0 Å². The summed E-state index contributed by atoms with van der Waals surface area (Å²) in [4.78, 5) is 4.77. The molecule has 0 atom stereocenters. The highest BCUT2D eigenvalue weighted by Crippen LogP contribution is 2.41. The van der Waals surface area contributed by atoms with Crippen LogP contribution in [0.1, 0.15) is 64.2 Å². The number of aromatic nitrogens is 2. The molecule has 0 saturated heterocycles. The topological polar surface area (TPSA) is 17.3 Å². The molecule has 0 aliphatic carbocycles. The van der Waals surface area contributed by atoms with Crippen molar-refractivity contribution in [1.82, 2.24) is 9.38 Å². The van der Waals surface area contributed by atoms with Crippen LogP contribution in [0.5, 0.6) is 0 Å². The van der Waals surface area contributed by atoms with Crippen LogP contribution in [0.3, 0.4) is 0 Å². The number of hydrogen-bond acceptors (Lipinski definition) is 1. The molecule has 5 rings (SSSR count). The third kappa shape index (κ3) is 3.90. The van der Waals surface area contributed by atoms with Gasteiger partial charge in [-0.1, -0.05) is 95.6 Å². The zero-order valence-corrected chi connectivity index (χ0v) is 20.8. The molecule has 0 bridgehead atoms. The average molecular weight is 425 g/mol. The highest BCUT2D eigenvalue weighted by atomic mass is 15.0. The first-order valence-electron chi connectivity index (χ1n) is 11.9. The van der Waals surface area contributed by atoms with E-state index < -0.39 is 0 Å². The van der Waals surface area contributed by atoms with E-state index in [2.05, 4.69) is 92.9 Å². The van der Waals surface area contributed by atoms with E-state index in [9.17, 15) is 0 Å². The fraction of sp³-hybridized carbons (Fsp3) is 0.300. The molecule has 5 aromatic rings. The van der Waals surface area contributed by atoms with E-state index in [0.29, 0.717) is 5.92 Å². The van der Waals surface area contributed by atoms with Gasteiger partial charge in [0.05, 0.1) is 5.52 Å². The lowest BCUT2D eigenvalue weighted by Gasteiger charge is -2.19. The fourth-order valence-corrected chi connectivity index (χ4v) is 4.54. The predicted molar refractivity (Wildman–Crippen MR) is 142 cm³/mol. The van der Waals surface area contributed by atoms with Crippen LogP contribution in [0.25, 0.3) is 38.4 Å². The van der Waals surface area contributed by atoms with Gasteiger partial charge in [0.1, 0.15) is 5.65 Å². The summed E-state index contributed by atoms with van der Waals surface area (Å²) >= 11 is 0. The third-order valence-corrected chi connectivity index (χ3v) is 5.83. The maximum absolute atomic E-state index is 4.77. The van der Waals surface area contributed by atoms with E-state index in [1.54, 1.807) is 0 Å². The molecule has 2 heterocycles. The Kier molecular flexibility index (Phi) is 7.35. The zero-order chi connectivity index (χ0) is 23.4. The first-order valence-corrected chi connectivity index (χ1v) is 11.9. The lowest BCUT2D eigenvalue weighted by Crippen LogP contribution is -1.98. The van der Waals surface area contributed by atoms with Crippen LogP contribution in [0, 0.1) is 13.8 Å². The van der Waals surface area contributed by atoms with Gasteiger partial charge in [-0.15, -0.1) is 0 Å². The Morgan fingerprint density at radius 2 is 1.47 bits per heavy atom. The third-order valence-electron chi connectivity index (χ3n) is 5.83. The number of fused-ring (bicyclic) bond motifs is 6. The van der Waals surface area contributed by atoms with Crippen LogP contribution < -0.4 is 0 Å². The van der Waals surface area contributed by atoms with Crippen molar-refractivity contribution in [2.24, 2.45) is 0 Å². The van der Waals surface area contributed by atoms with Crippen LogP contribution in [-0.2, 0) is 0 Å². The molecule has 0 saturated carbocycles. The number of imidazole rings is 1. The summed E-state index contributed by atoms with van der Waals surface area (Å²) in [5, 5.41) is 3.86. The molecule has 32 heavy (non-hydrogen) atoms. The lowest BCUT2D eigenvalue weighted by molar-refractivity contribution is 0.876. The summed E-state index contributed by atoms with van der Waals surface area (Å²) in [6, 6.07) is 20.0. The Morgan fingerprint density at radius 3 is 2.16 bits per heavy atom. The second-order valence-corrected chi connectivity index (χ2v) is 8.06. The van der Waals surface area contributed by atoms with Crippen molar-refractivity contribution < 1.29 is 0 Å². The first-order chi connectivity index (χ1) is 15.6. The van der Waals surface area contributed by atoms with Crippen molar-refractivity contribution in [1.29, 1.82) is 0 Å². The molecule has 0 radical (unpaired) electrons. The lowest BCUT2D eigenvalue weighted by atomic mass is 9.88. The van der Waals surface area contributed by atoms with Crippen LogP contribution in [0.15, 0.2) is 67.0 Å². The Balaban J connectivity index is 0.000000686. The van der Waals surface area contributed by atoms with Gasteiger partial charge in [-0.3, -0.25) is 4.40 Å². The zero-order valence-electron chi connectivity index (χ0n) is 20.8. The molecule has 0 aliphatic rings. The van der Waals surface area contributed by atoms with Crippen molar-refractivity contribution in [2.75, 3.05) is 0 Å². The number of para-hydroxylation sites is 1. The van der Waals surface area contributed by atoms with Crippen LogP contribution >= 0.6 is 0 Å². The Hall–Kier alpha value is -3.13. The maximum atomic E-state index is 4.77. The quantitative estimate of drug-likeness (QED) is 0.258. The summed E-state index contributed by atoms with van der Waals surface area (Å²) in [5.74, 6) is 0.428. The molecule has 0 N–H and O–H groups in total. The van der Waals surface area contributed by atoms with Gasteiger partial charge in [0.25, 0.3) is 0 Å². The van der Waals surface area contributed by atoms with Crippen molar-refractivity contribution in [2.45, 2.75) is 61.3 Å². The maximum Gasteiger partial charge on any atom is 0.145 e. The van der Waals surface area contributed by atoms with E-state index in [1.165, 1.54) is 49.5 Å². The molecule has 0 spiro atoms. The molecule has 2 heteroatoms. The molecular weight excluding hydrogens is 388 g/mol. The summed E-state index contributed by atoms with van der Waals surface area (Å²) in [7, 11) is 0. The van der Waals surface area contributed by atoms with E-state index >= 15 is 0 Å². The molecule has 0 amide bonds. The highest BCUT2D eigenvalue weighted by molar-refractivity contribution is 6.19. The smallest absolute Gasteiger partial charge is 0.145 e. The fourth-order valence-electron chi connectivity index (χ4n) is 4.54. The first kappa shape index (κ1) is 23.5. The SMILES string of the molecule is CC.CC.Cc1ccc(-c2ccc(C(C)C)c3c2c2ccccc2n2ccnc32)c(C)c1. The molecule has 3 aromatic carbocycles. The average Bonchev–Trinajstić information content (AvgIpc) is 3.31. The minimum atomic E-state index is 0.428. The predicted octanol–water partition coefficient (Wildman–Crippen LogP) is 9.10. The largest absolute Gasteiger partial charge is 0.299 e. The number of aryl methyl sites for hydroxylation is 2. The minimum absolute atomic E-state index is 0.428. The number of pyridine rings is 1. The second-order valence-electron chi connectivity index (χ2n) is 8.06. The van der Waals surface area contributed by atoms with E-state index in [4.69, 9.17) is 4.98 Å². The Morgan fingerprint density at radius 1 is 0.781 bits per heavy atom. The van der Waals surface area contributed by atoms with Crippen LogP contribution in [-0.4, -0.2) is 9.38 Å². The van der Waals surface area contributed by atoms with Gasteiger partial charge in [0.2, 0.25) is 0 Å². The van der Waals surface area contributed by atoms with E-state index in [0.717, 1.165) is 5.65 Å². The summed E-state index contributed by atoms with van der Waals surface area (Å²) in [6.07, 6.45) is 3.99. The van der Waals surface area contributed by atoms with Crippen molar-refractivity contribution in [3.05, 3.63) is 83.7 Å².